The van der Waals surface area contributed by atoms with Crippen molar-refractivity contribution >= 4 is 57.6 Å². The third kappa shape index (κ3) is 4.53. The summed E-state index contributed by atoms with van der Waals surface area (Å²) < 4.78 is 0. The molecule has 0 saturated heterocycles. The SMILES string of the molecule is c1ccc2c(c1)Nc1c(cccc1-c1ccc(Nc3ccc(-c4cccc5c4Nc4ccccc4S5)cc3)cc1)S2. The van der Waals surface area contributed by atoms with Gasteiger partial charge < -0.3 is 16.0 Å². The largest absolute Gasteiger partial charge is 0.356 e. The second-order valence-corrected chi connectivity index (χ2v) is 12.3. The van der Waals surface area contributed by atoms with Gasteiger partial charge in [-0.25, -0.2) is 0 Å². The lowest BCUT2D eigenvalue weighted by molar-refractivity contribution is 1.31. The Morgan fingerprint density at radius 1 is 0.390 bits per heavy atom. The molecule has 6 aromatic carbocycles. The predicted octanol–water partition coefficient (Wildman–Crippen LogP) is 11.2. The van der Waals surface area contributed by atoms with Crippen molar-refractivity contribution in [2.24, 2.45) is 0 Å². The van der Waals surface area contributed by atoms with E-state index in [2.05, 4.69) is 149 Å². The fourth-order valence-corrected chi connectivity index (χ4v) is 7.47. The summed E-state index contributed by atoms with van der Waals surface area (Å²) in [5.74, 6) is 0. The van der Waals surface area contributed by atoms with Crippen LogP contribution in [0.25, 0.3) is 22.3 Å². The van der Waals surface area contributed by atoms with Gasteiger partial charge in [0.15, 0.2) is 0 Å². The summed E-state index contributed by atoms with van der Waals surface area (Å²) in [5, 5.41) is 10.9. The minimum absolute atomic E-state index is 1.06. The van der Waals surface area contributed by atoms with Crippen LogP contribution in [0.15, 0.2) is 153 Å². The lowest BCUT2D eigenvalue weighted by atomic mass is 10.0. The number of hydrogen-bond acceptors (Lipinski definition) is 5. The first-order chi connectivity index (χ1) is 20.3. The summed E-state index contributed by atoms with van der Waals surface area (Å²) in [7, 11) is 0. The lowest BCUT2D eigenvalue weighted by Crippen LogP contribution is -2.01. The molecule has 196 valence electrons. The highest BCUT2D eigenvalue weighted by Crippen LogP contribution is 2.49. The van der Waals surface area contributed by atoms with Crippen LogP contribution in [0.5, 0.6) is 0 Å². The van der Waals surface area contributed by atoms with Gasteiger partial charge in [0.1, 0.15) is 0 Å². The summed E-state index contributed by atoms with van der Waals surface area (Å²) in [6, 6.07) is 47.3. The molecule has 0 unspecified atom stereocenters. The molecule has 0 atom stereocenters. The van der Waals surface area contributed by atoms with Gasteiger partial charge in [-0.05, 0) is 71.8 Å². The average molecular weight is 564 g/mol. The van der Waals surface area contributed by atoms with Gasteiger partial charge in [-0.15, -0.1) is 0 Å². The standard InChI is InChI=1S/C36H25N3S2/c1-3-11-31-29(9-1)38-35-27(7-5-13-33(35)40-31)23-15-19-25(20-16-23)37-26-21-17-24(18-22-26)28-8-6-14-34-36(28)39-30-10-2-4-12-32(30)41-34/h1-22,37-39H. The zero-order chi connectivity index (χ0) is 27.2. The van der Waals surface area contributed by atoms with Gasteiger partial charge in [-0.2, -0.15) is 0 Å². The van der Waals surface area contributed by atoms with E-state index >= 15 is 0 Å². The molecule has 3 nitrogen and oxygen atoms in total. The van der Waals surface area contributed by atoms with Crippen molar-refractivity contribution in [2.75, 3.05) is 16.0 Å². The van der Waals surface area contributed by atoms with Crippen LogP contribution in [0.3, 0.4) is 0 Å². The highest BCUT2D eigenvalue weighted by atomic mass is 32.2. The molecule has 0 bridgehead atoms. The van der Waals surface area contributed by atoms with Crippen LogP contribution >= 0.6 is 23.5 Å². The Kier molecular flexibility index (Phi) is 5.98. The molecule has 2 aliphatic rings. The van der Waals surface area contributed by atoms with Crippen LogP contribution in [-0.4, -0.2) is 0 Å². The van der Waals surface area contributed by atoms with E-state index in [4.69, 9.17) is 0 Å². The normalized spacial score (nSPS) is 12.6. The molecule has 0 saturated carbocycles. The molecular formula is C36H25N3S2. The van der Waals surface area contributed by atoms with Gasteiger partial charge in [-0.3, -0.25) is 0 Å². The van der Waals surface area contributed by atoms with Crippen molar-refractivity contribution in [3.63, 3.8) is 0 Å². The monoisotopic (exact) mass is 563 g/mol. The van der Waals surface area contributed by atoms with Crippen LogP contribution in [0, 0.1) is 0 Å². The number of nitrogens with one attached hydrogen (secondary N) is 3. The molecule has 0 aliphatic carbocycles. The number of benzene rings is 6. The molecular weight excluding hydrogens is 539 g/mol. The van der Waals surface area contributed by atoms with Gasteiger partial charge in [0.05, 0.1) is 22.7 Å². The quantitative estimate of drug-likeness (QED) is 0.198. The first-order valence-corrected chi connectivity index (χ1v) is 15.2. The Labute approximate surface area is 248 Å². The third-order valence-corrected chi connectivity index (χ3v) is 9.74. The summed E-state index contributed by atoms with van der Waals surface area (Å²) >= 11 is 3.64. The molecule has 0 spiro atoms. The van der Waals surface area contributed by atoms with E-state index in [1.165, 1.54) is 53.2 Å². The van der Waals surface area contributed by atoms with E-state index in [0.29, 0.717) is 0 Å². The maximum absolute atomic E-state index is 3.66. The maximum Gasteiger partial charge on any atom is 0.0606 e. The third-order valence-electron chi connectivity index (χ3n) is 7.47. The van der Waals surface area contributed by atoms with Crippen LogP contribution < -0.4 is 16.0 Å². The maximum atomic E-state index is 3.66. The number of anilines is 6. The molecule has 0 amide bonds. The van der Waals surface area contributed by atoms with Gasteiger partial charge >= 0.3 is 0 Å². The Bertz CT molecular complexity index is 1770. The van der Waals surface area contributed by atoms with E-state index in [9.17, 15) is 0 Å². The van der Waals surface area contributed by atoms with E-state index < -0.39 is 0 Å². The number of fused-ring (bicyclic) bond motifs is 4. The van der Waals surface area contributed by atoms with Crippen molar-refractivity contribution in [1.82, 2.24) is 0 Å². The number of para-hydroxylation sites is 4. The number of hydrogen-bond donors (Lipinski definition) is 3. The van der Waals surface area contributed by atoms with E-state index in [1.807, 2.05) is 23.5 Å². The molecule has 41 heavy (non-hydrogen) atoms. The summed E-state index contributed by atoms with van der Waals surface area (Å²) in [5.41, 5.74) is 11.6. The molecule has 0 radical (unpaired) electrons. The smallest absolute Gasteiger partial charge is 0.0606 e. The van der Waals surface area contributed by atoms with Crippen LogP contribution in [0.2, 0.25) is 0 Å². The fourth-order valence-electron chi connectivity index (χ4n) is 5.43. The Hall–Kier alpha value is -4.58. The minimum Gasteiger partial charge on any atom is -0.356 e. The van der Waals surface area contributed by atoms with Gasteiger partial charge in [0.25, 0.3) is 0 Å². The average Bonchev–Trinajstić information content (AvgIpc) is 3.03. The zero-order valence-corrected chi connectivity index (χ0v) is 23.7. The summed E-state index contributed by atoms with van der Waals surface area (Å²) in [6.07, 6.45) is 0. The van der Waals surface area contributed by atoms with Crippen molar-refractivity contribution in [1.29, 1.82) is 0 Å². The summed E-state index contributed by atoms with van der Waals surface area (Å²) in [4.78, 5) is 5.02. The van der Waals surface area contributed by atoms with E-state index in [-0.39, 0.29) is 0 Å². The van der Waals surface area contributed by atoms with Crippen molar-refractivity contribution in [3.8, 4) is 22.3 Å². The molecule has 5 heteroatoms. The first kappa shape index (κ1) is 24.2. The van der Waals surface area contributed by atoms with Crippen LogP contribution in [0.4, 0.5) is 34.1 Å². The molecule has 0 aromatic heterocycles. The van der Waals surface area contributed by atoms with Crippen LogP contribution in [-0.2, 0) is 0 Å². The topological polar surface area (TPSA) is 36.1 Å². The minimum atomic E-state index is 1.06. The zero-order valence-electron chi connectivity index (χ0n) is 22.0. The Morgan fingerprint density at radius 3 is 1.27 bits per heavy atom. The molecule has 2 heterocycles. The second-order valence-electron chi connectivity index (χ2n) is 10.1. The first-order valence-electron chi connectivity index (χ1n) is 13.6. The molecule has 8 rings (SSSR count). The highest BCUT2D eigenvalue weighted by molar-refractivity contribution is 8.00. The van der Waals surface area contributed by atoms with Gasteiger partial charge in [-0.1, -0.05) is 96.3 Å². The number of rotatable bonds is 4. The molecule has 6 aromatic rings. The summed E-state index contributed by atoms with van der Waals surface area (Å²) in [6.45, 7) is 0. The van der Waals surface area contributed by atoms with E-state index in [1.54, 1.807) is 0 Å². The van der Waals surface area contributed by atoms with E-state index in [0.717, 1.165) is 22.7 Å². The predicted molar refractivity (Wildman–Crippen MR) is 175 cm³/mol. The van der Waals surface area contributed by atoms with Gasteiger partial charge in [0, 0.05) is 42.1 Å². The highest BCUT2D eigenvalue weighted by Gasteiger charge is 2.20. The van der Waals surface area contributed by atoms with Crippen molar-refractivity contribution < 1.29 is 0 Å². The Balaban J connectivity index is 1.01. The van der Waals surface area contributed by atoms with Crippen molar-refractivity contribution in [2.45, 2.75) is 19.6 Å². The second kappa shape index (κ2) is 10.1. The lowest BCUT2D eigenvalue weighted by Gasteiger charge is -2.23. The Morgan fingerprint density at radius 2 is 0.805 bits per heavy atom. The van der Waals surface area contributed by atoms with Gasteiger partial charge in [0.2, 0.25) is 0 Å². The molecule has 0 fully saturated rings. The van der Waals surface area contributed by atoms with Crippen LogP contribution in [0.1, 0.15) is 0 Å². The fraction of sp³-hybridized carbons (Fsp3) is 0. The molecule has 3 N–H and O–H groups in total. The molecule has 2 aliphatic heterocycles. The van der Waals surface area contributed by atoms with Crippen molar-refractivity contribution in [3.05, 3.63) is 133 Å².